The molecular formula is C37H60N4O10S2. The van der Waals surface area contributed by atoms with Crippen LogP contribution >= 0.6 is 23.5 Å². The Hall–Kier alpha value is -2.82. The highest BCUT2D eigenvalue weighted by molar-refractivity contribution is 8.01. The summed E-state index contributed by atoms with van der Waals surface area (Å²) in [6, 6.07) is 0. The van der Waals surface area contributed by atoms with Crippen molar-refractivity contribution in [2.24, 2.45) is 11.3 Å². The Bertz CT molecular complexity index is 1360. The first-order valence-corrected chi connectivity index (χ1v) is 20.4. The third-order valence-corrected chi connectivity index (χ3v) is 11.4. The number of carbonyl (C=O) groups is 8. The van der Waals surface area contributed by atoms with Gasteiger partial charge in [0.05, 0.1) is 46.4 Å². The number of likely N-dealkylation sites (tertiary alicyclic amines) is 2. The minimum atomic E-state index is -0.602. The lowest BCUT2D eigenvalue weighted by Crippen LogP contribution is -2.38. The summed E-state index contributed by atoms with van der Waals surface area (Å²) in [6.07, 6.45) is 1.13. The molecule has 0 bridgehead atoms. The summed E-state index contributed by atoms with van der Waals surface area (Å²) in [7, 11) is 0. The Kier molecular flexibility index (Phi) is 18.1. The number of rotatable bonds is 24. The molecule has 0 saturated carbocycles. The van der Waals surface area contributed by atoms with Gasteiger partial charge in [0.25, 0.3) is 0 Å². The Morgan fingerprint density at radius 2 is 1.15 bits per heavy atom. The van der Waals surface area contributed by atoms with E-state index in [-0.39, 0.29) is 116 Å². The number of nitrogens with zero attached hydrogens (tertiary/aromatic N) is 2. The molecule has 0 aromatic rings. The van der Waals surface area contributed by atoms with Crippen LogP contribution in [0.25, 0.3) is 0 Å². The predicted octanol–water partition coefficient (Wildman–Crippen LogP) is 2.93. The molecule has 2 aliphatic rings. The van der Waals surface area contributed by atoms with E-state index in [0.717, 1.165) is 9.80 Å². The molecule has 2 unspecified atom stereocenters. The van der Waals surface area contributed by atoms with Crippen molar-refractivity contribution in [1.82, 2.24) is 20.4 Å². The molecule has 2 heterocycles. The first-order chi connectivity index (χ1) is 24.5. The molecule has 0 spiro atoms. The lowest BCUT2D eigenvalue weighted by Gasteiger charge is -2.30. The van der Waals surface area contributed by atoms with Crippen LogP contribution in [0.5, 0.6) is 0 Å². The van der Waals surface area contributed by atoms with Crippen molar-refractivity contribution in [2.45, 2.75) is 123 Å². The van der Waals surface area contributed by atoms with Gasteiger partial charge < -0.3 is 20.1 Å². The van der Waals surface area contributed by atoms with Gasteiger partial charge in [0.2, 0.25) is 35.4 Å². The Morgan fingerprint density at radius 1 is 0.698 bits per heavy atom. The predicted molar refractivity (Wildman–Crippen MR) is 204 cm³/mol. The third kappa shape index (κ3) is 16.2. The largest absolute Gasteiger partial charge is 0.375 e. The minimum absolute atomic E-state index is 0.000650. The molecule has 2 fully saturated rings. The molecule has 0 aromatic carbocycles. The zero-order chi connectivity index (χ0) is 40.1. The van der Waals surface area contributed by atoms with E-state index in [2.05, 4.69) is 10.6 Å². The minimum Gasteiger partial charge on any atom is -0.375 e. The van der Waals surface area contributed by atoms with Crippen LogP contribution < -0.4 is 10.6 Å². The van der Waals surface area contributed by atoms with Gasteiger partial charge >= 0.3 is 0 Å². The van der Waals surface area contributed by atoms with E-state index in [1.807, 2.05) is 48.5 Å². The van der Waals surface area contributed by atoms with E-state index in [9.17, 15) is 38.4 Å². The van der Waals surface area contributed by atoms with Gasteiger partial charge in [-0.05, 0) is 40.5 Å². The summed E-state index contributed by atoms with van der Waals surface area (Å²) in [4.78, 5) is 101. The maximum Gasteiger partial charge on any atom is 0.242 e. The highest BCUT2D eigenvalue weighted by Gasteiger charge is 2.40. The van der Waals surface area contributed by atoms with Crippen LogP contribution in [-0.2, 0) is 47.8 Å². The second-order valence-corrected chi connectivity index (χ2v) is 18.4. The van der Waals surface area contributed by atoms with E-state index in [1.165, 1.54) is 23.5 Å². The highest BCUT2D eigenvalue weighted by Crippen LogP contribution is 2.28. The van der Waals surface area contributed by atoms with Gasteiger partial charge in [0.1, 0.15) is 11.6 Å². The Labute approximate surface area is 322 Å². The maximum absolute atomic E-state index is 12.7. The molecule has 2 atom stereocenters. The molecule has 2 aliphatic heterocycles. The third-order valence-electron chi connectivity index (χ3n) is 9.02. The Morgan fingerprint density at radius 3 is 1.64 bits per heavy atom. The van der Waals surface area contributed by atoms with E-state index in [4.69, 9.17) is 9.47 Å². The average Bonchev–Trinajstić information content (AvgIpc) is 3.48. The van der Waals surface area contributed by atoms with Crippen molar-refractivity contribution in [3.8, 4) is 0 Å². The van der Waals surface area contributed by atoms with Crippen molar-refractivity contribution in [1.29, 1.82) is 0 Å². The standard InChI is InChI=1S/C37H60N4O10S2/c1-24(2)25(42)22-52-26-20-31(46)40(33(26)48)16-10-29(44)38-14-12-36(6,7)50-18-13-37(8,9)51-19-15-39-30(45)11-17-41-32(47)21-27(34(41)49)53-23-28(43)35(3,4)5/h24,26-27H,10-23H2,1-9H3,(H,38,44)(H,39,45). The smallest absolute Gasteiger partial charge is 0.242 e. The fourth-order valence-electron chi connectivity index (χ4n) is 5.12. The van der Waals surface area contributed by atoms with Crippen molar-refractivity contribution >= 4 is 70.5 Å². The number of thioether (sulfide) groups is 2. The second kappa shape index (κ2) is 20.7. The normalized spacial score (nSPS) is 18.4. The lowest BCUT2D eigenvalue weighted by molar-refractivity contribution is -0.140. The van der Waals surface area contributed by atoms with Gasteiger partial charge in [0.15, 0.2) is 0 Å². The SMILES string of the molecule is CC(C)C(=O)CSC1CC(=O)N(CCC(=O)NCCC(C)(C)OCCC(C)(C)OCCNC(=O)CCN2C(=O)CC(SCC(=O)C(C)(C)C)C2=O)C1=O. The summed E-state index contributed by atoms with van der Waals surface area (Å²) in [5.41, 5.74) is -1.61. The van der Waals surface area contributed by atoms with Crippen LogP contribution in [0.4, 0.5) is 0 Å². The molecule has 53 heavy (non-hydrogen) atoms. The molecule has 14 nitrogen and oxygen atoms in total. The number of Topliss-reactive ketones (excluding diaryl/α,β-unsaturated/α-hetero) is 2. The number of ketones is 2. The first-order valence-electron chi connectivity index (χ1n) is 18.3. The van der Waals surface area contributed by atoms with E-state index in [0.29, 0.717) is 26.0 Å². The molecule has 2 saturated heterocycles. The maximum atomic E-state index is 12.7. The summed E-state index contributed by atoms with van der Waals surface area (Å²) in [6.45, 7) is 17.9. The quantitative estimate of drug-likeness (QED) is 0.108. The molecule has 2 rings (SSSR count). The molecule has 2 N–H and O–H groups in total. The molecular weight excluding hydrogens is 725 g/mol. The van der Waals surface area contributed by atoms with Crippen molar-refractivity contribution in [3.05, 3.63) is 0 Å². The summed E-state index contributed by atoms with van der Waals surface area (Å²) in [5.74, 6) is -1.71. The summed E-state index contributed by atoms with van der Waals surface area (Å²) >= 11 is 2.36. The molecule has 0 aliphatic carbocycles. The topological polar surface area (TPSA) is 186 Å². The zero-order valence-electron chi connectivity index (χ0n) is 32.9. The molecule has 6 amide bonds. The number of amides is 6. The highest BCUT2D eigenvalue weighted by atomic mass is 32.2. The molecule has 0 aromatic heterocycles. The van der Waals surface area contributed by atoms with Crippen LogP contribution in [0, 0.1) is 11.3 Å². The van der Waals surface area contributed by atoms with Crippen molar-refractivity contribution in [2.75, 3.05) is 50.9 Å². The Balaban J connectivity index is 1.59. The van der Waals surface area contributed by atoms with Gasteiger partial charge in [0, 0.05) is 63.2 Å². The van der Waals surface area contributed by atoms with Gasteiger partial charge in [-0.1, -0.05) is 34.6 Å². The fourth-order valence-corrected chi connectivity index (χ4v) is 7.66. The average molecular weight is 785 g/mol. The fraction of sp³-hybridized carbons (Fsp3) is 0.784. The zero-order valence-corrected chi connectivity index (χ0v) is 34.6. The van der Waals surface area contributed by atoms with E-state index < -0.39 is 27.1 Å². The van der Waals surface area contributed by atoms with Crippen molar-refractivity contribution < 1.29 is 47.8 Å². The number of nitrogens with one attached hydrogen (secondary N) is 2. The molecule has 0 radical (unpaired) electrons. The van der Waals surface area contributed by atoms with Gasteiger partial charge in [-0.2, -0.15) is 0 Å². The van der Waals surface area contributed by atoms with Crippen LogP contribution in [-0.4, -0.2) is 129 Å². The number of hydrogen-bond acceptors (Lipinski definition) is 12. The lowest BCUT2D eigenvalue weighted by atomic mass is 9.92. The number of ether oxygens (including phenoxy) is 2. The van der Waals surface area contributed by atoms with Crippen LogP contribution in [0.1, 0.15) is 101 Å². The van der Waals surface area contributed by atoms with E-state index >= 15 is 0 Å². The number of hydrogen-bond donors (Lipinski definition) is 2. The van der Waals surface area contributed by atoms with Crippen LogP contribution in [0.3, 0.4) is 0 Å². The van der Waals surface area contributed by atoms with Crippen molar-refractivity contribution in [3.63, 3.8) is 0 Å². The van der Waals surface area contributed by atoms with Gasteiger partial charge in [-0.25, -0.2) is 0 Å². The first kappa shape index (κ1) is 46.3. The molecule has 300 valence electrons. The number of carbonyl (C=O) groups excluding carboxylic acids is 8. The van der Waals surface area contributed by atoms with Crippen LogP contribution in [0.15, 0.2) is 0 Å². The monoisotopic (exact) mass is 784 g/mol. The summed E-state index contributed by atoms with van der Waals surface area (Å²) in [5, 5.41) is 4.39. The second-order valence-electron chi connectivity index (χ2n) is 16.0. The van der Waals surface area contributed by atoms with Gasteiger partial charge in [-0.3, -0.25) is 48.2 Å². The van der Waals surface area contributed by atoms with E-state index in [1.54, 1.807) is 13.8 Å². The van der Waals surface area contributed by atoms with Crippen LogP contribution in [0.2, 0.25) is 0 Å². The van der Waals surface area contributed by atoms with Gasteiger partial charge in [-0.15, -0.1) is 23.5 Å². The number of imide groups is 2. The summed E-state index contributed by atoms with van der Waals surface area (Å²) < 4.78 is 12.0. The molecule has 16 heteroatoms.